The molecular formula is C14H16ClF3N2O4. The summed E-state index contributed by atoms with van der Waals surface area (Å²) in [5, 5.41) is 10.4. The van der Waals surface area contributed by atoms with E-state index in [1.165, 1.54) is 13.8 Å². The number of hydrogen-bond donors (Lipinski definition) is 2. The maximum Gasteiger partial charge on any atom is 0.421 e. The van der Waals surface area contributed by atoms with Gasteiger partial charge in [-0.3, -0.25) is 9.59 Å². The lowest BCUT2D eigenvalue weighted by molar-refractivity contribution is -0.139. The van der Waals surface area contributed by atoms with Gasteiger partial charge >= 0.3 is 12.1 Å². The lowest BCUT2D eigenvalue weighted by Gasteiger charge is -2.17. The fourth-order valence-electron chi connectivity index (χ4n) is 1.67. The molecule has 134 valence electrons. The minimum Gasteiger partial charge on any atom is -0.481 e. The number of ether oxygens (including phenoxy) is 1. The molecule has 0 atom stereocenters. The van der Waals surface area contributed by atoms with E-state index in [1.54, 1.807) is 0 Å². The largest absolute Gasteiger partial charge is 0.481 e. The molecule has 1 heterocycles. The van der Waals surface area contributed by atoms with Crippen molar-refractivity contribution in [1.82, 2.24) is 4.98 Å². The number of anilines is 1. The quantitative estimate of drug-likeness (QED) is 0.765. The first kappa shape index (κ1) is 20.0. The molecule has 1 aromatic rings. The number of nitrogens with one attached hydrogen (secondary N) is 1. The second-order valence-corrected chi connectivity index (χ2v) is 5.54. The normalized spacial score (nSPS) is 11.5. The lowest BCUT2D eigenvalue weighted by atomic mass is 10.2. The highest BCUT2D eigenvalue weighted by molar-refractivity contribution is 6.33. The first-order chi connectivity index (χ1) is 11.0. The van der Waals surface area contributed by atoms with E-state index in [4.69, 9.17) is 21.4 Å². The van der Waals surface area contributed by atoms with Gasteiger partial charge in [0.1, 0.15) is 5.56 Å². The Morgan fingerprint density at radius 1 is 1.38 bits per heavy atom. The Labute approximate surface area is 141 Å². The van der Waals surface area contributed by atoms with Crippen molar-refractivity contribution >= 4 is 29.3 Å². The molecule has 0 spiro atoms. The van der Waals surface area contributed by atoms with Crippen molar-refractivity contribution in [3.63, 3.8) is 0 Å². The van der Waals surface area contributed by atoms with Crippen LogP contribution in [0.2, 0.25) is 5.02 Å². The number of nitrogens with zero attached hydrogens (tertiary/aromatic N) is 1. The average Bonchev–Trinajstić information content (AvgIpc) is 2.39. The van der Waals surface area contributed by atoms with E-state index >= 15 is 0 Å². The number of halogens is 4. The fourth-order valence-corrected chi connectivity index (χ4v) is 1.87. The summed E-state index contributed by atoms with van der Waals surface area (Å²) >= 11 is 5.75. The van der Waals surface area contributed by atoms with Crippen LogP contribution < -0.4 is 10.1 Å². The average molecular weight is 369 g/mol. The van der Waals surface area contributed by atoms with Crippen LogP contribution in [-0.2, 0) is 15.8 Å². The molecule has 2 N–H and O–H groups in total. The number of rotatable bonds is 7. The van der Waals surface area contributed by atoms with Crippen LogP contribution in [-0.4, -0.2) is 28.1 Å². The van der Waals surface area contributed by atoms with Gasteiger partial charge in [0.05, 0.1) is 11.1 Å². The van der Waals surface area contributed by atoms with Crippen LogP contribution >= 0.6 is 11.6 Å². The highest BCUT2D eigenvalue weighted by Crippen LogP contribution is 2.39. The lowest BCUT2D eigenvalue weighted by Crippen LogP contribution is -2.18. The second kappa shape index (κ2) is 8.18. The van der Waals surface area contributed by atoms with Crippen LogP contribution in [0.15, 0.2) is 6.07 Å². The minimum absolute atomic E-state index is 0.0781. The Morgan fingerprint density at radius 2 is 2.00 bits per heavy atom. The number of carbonyl (C=O) groups excluding carboxylic acids is 1. The summed E-state index contributed by atoms with van der Waals surface area (Å²) in [7, 11) is 0. The zero-order valence-corrected chi connectivity index (χ0v) is 13.7. The van der Waals surface area contributed by atoms with E-state index in [-0.39, 0.29) is 25.1 Å². The van der Waals surface area contributed by atoms with Crippen molar-refractivity contribution in [2.24, 2.45) is 0 Å². The summed E-state index contributed by atoms with van der Waals surface area (Å²) in [6.07, 6.45) is -5.55. The van der Waals surface area contributed by atoms with Crippen molar-refractivity contribution < 1.29 is 32.6 Å². The Bertz CT molecular complexity index is 621. The molecule has 0 aromatic carbocycles. The molecule has 0 saturated carbocycles. The van der Waals surface area contributed by atoms with Crippen LogP contribution in [0.4, 0.5) is 19.0 Å². The van der Waals surface area contributed by atoms with Crippen LogP contribution in [0.5, 0.6) is 5.88 Å². The highest BCUT2D eigenvalue weighted by Gasteiger charge is 2.37. The SMILES string of the molecule is CC(C)Oc1nc(NC(=O)CCCC(=O)O)c(Cl)cc1C(F)(F)F. The number of hydrogen-bond acceptors (Lipinski definition) is 4. The van der Waals surface area contributed by atoms with Gasteiger partial charge in [0.15, 0.2) is 5.82 Å². The Kier molecular flexibility index (Phi) is 6.82. The Balaban J connectivity index is 2.99. The molecule has 0 radical (unpaired) electrons. The molecule has 0 unspecified atom stereocenters. The molecular weight excluding hydrogens is 353 g/mol. The van der Waals surface area contributed by atoms with E-state index in [1.807, 2.05) is 0 Å². The second-order valence-electron chi connectivity index (χ2n) is 5.13. The van der Waals surface area contributed by atoms with E-state index in [2.05, 4.69) is 10.3 Å². The predicted molar refractivity (Wildman–Crippen MR) is 80.1 cm³/mol. The first-order valence-electron chi connectivity index (χ1n) is 6.96. The van der Waals surface area contributed by atoms with Crippen LogP contribution in [0, 0.1) is 0 Å². The highest BCUT2D eigenvalue weighted by atomic mass is 35.5. The standard InChI is InChI=1S/C14H16ClF3N2O4/c1-7(2)24-13-8(14(16,17)18)6-9(15)12(20-13)19-10(21)4-3-5-11(22)23/h6-7H,3-5H2,1-2H3,(H,22,23)(H,19,20,21). The molecule has 6 nitrogen and oxygen atoms in total. The van der Waals surface area contributed by atoms with Crippen molar-refractivity contribution in [1.29, 1.82) is 0 Å². The monoisotopic (exact) mass is 368 g/mol. The van der Waals surface area contributed by atoms with Gasteiger partial charge in [-0.1, -0.05) is 11.6 Å². The van der Waals surface area contributed by atoms with Gasteiger partial charge in [-0.15, -0.1) is 0 Å². The van der Waals surface area contributed by atoms with Gasteiger partial charge in [-0.25, -0.2) is 0 Å². The number of amides is 1. The summed E-state index contributed by atoms with van der Waals surface area (Å²) in [4.78, 5) is 25.7. The molecule has 0 saturated heterocycles. The van der Waals surface area contributed by atoms with Gasteiger partial charge in [-0.2, -0.15) is 18.2 Å². The third kappa shape index (κ3) is 6.23. The van der Waals surface area contributed by atoms with Crippen LogP contribution in [0.1, 0.15) is 38.7 Å². The third-order valence-electron chi connectivity index (χ3n) is 2.65. The minimum atomic E-state index is -4.72. The molecule has 0 aliphatic rings. The van der Waals surface area contributed by atoms with E-state index < -0.39 is 40.6 Å². The molecule has 0 bridgehead atoms. The zero-order valence-electron chi connectivity index (χ0n) is 12.9. The summed E-state index contributed by atoms with van der Waals surface area (Å²) in [6, 6.07) is 0.624. The summed E-state index contributed by atoms with van der Waals surface area (Å²) in [6.45, 7) is 3.06. The summed E-state index contributed by atoms with van der Waals surface area (Å²) in [5.41, 5.74) is -1.15. The molecule has 1 amide bonds. The summed E-state index contributed by atoms with van der Waals surface area (Å²) < 4.78 is 44.0. The number of aliphatic carboxylic acids is 1. The third-order valence-corrected chi connectivity index (χ3v) is 2.93. The van der Waals surface area contributed by atoms with E-state index in [0.717, 1.165) is 0 Å². The topological polar surface area (TPSA) is 88.5 Å². The molecule has 0 aliphatic carbocycles. The fraction of sp³-hybridized carbons (Fsp3) is 0.500. The summed E-state index contributed by atoms with van der Waals surface area (Å²) in [5.74, 6) is -2.63. The van der Waals surface area contributed by atoms with Crippen molar-refractivity contribution in [2.45, 2.75) is 45.4 Å². The number of pyridine rings is 1. The Morgan fingerprint density at radius 3 is 2.50 bits per heavy atom. The smallest absolute Gasteiger partial charge is 0.421 e. The van der Waals surface area contributed by atoms with Gasteiger partial charge in [0.2, 0.25) is 11.8 Å². The van der Waals surface area contributed by atoms with Gasteiger partial charge < -0.3 is 15.2 Å². The molecule has 1 rings (SSSR count). The van der Waals surface area contributed by atoms with Crippen molar-refractivity contribution in [3.05, 3.63) is 16.7 Å². The first-order valence-corrected chi connectivity index (χ1v) is 7.34. The number of carboxylic acid groups (broad SMARTS) is 1. The molecule has 0 fully saturated rings. The van der Waals surface area contributed by atoms with Gasteiger partial charge in [0.25, 0.3) is 0 Å². The molecule has 0 aliphatic heterocycles. The number of alkyl halides is 3. The Hall–Kier alpha value is -2.03. The molecule has 24 heavy (non-hydrogen) atoms. The van der Waals surface area contributed by atoms with Crippen LogP contribution in [0.3, 0.4) is 0 Å². The van der Waals surface area contributed by atoms with Crippen molar-refractivity contribution in [3.8, 4) is 5.88 Å². The maximum absolute atomic E-state index is 13.0. The van der Waals surface area contributed by atoms with Gasteiger partial charge in [-0.05, 0) is 26.3 Å². The van der Waals surface area contributed by atoms with E-state index in [0.29, 0.717) is 6.07 Å². The number of carboxylic acids is 1. The van der Waals surface area contributed by atoms with E-state index in [9.17, 15) is 22.8 Å². The zero-order chi connectivity index (χ0) is 18.5. The molecule has 10 heteroatoms. The number of carbonyl (C=O) groups is 2. The molecule has 1 aromatic heterocycles. The van der Waals surface area contributed by atoms with Gasteiger partial charge in [0, 0.05) is 12.8 Å². The predicted octanol–water partition coefficient (Wildman–Crippen LogP) is 3.73. The van der Waals surface area contributed by atoms with Crippen LogP contribution in [0.25, 0.3) is 0 Å². The van der Waals surface area contributed by atoms with Crippen molar-refractivity contribution in [2.75, 3.05) is 5.32 Å². The maximum atomic E-state index is 13.0. The number of aromatic nitrogens is 1.